The number of carbonyl (C=O) groups excluding carboxylic acids is 2. The molecule has 0 saturated carbocycles. The van der Waals surface area contributed by atoms with Gasteiger partial charge in [-0.05, 0) is 25.5 Å². The van der Waals surface area contributed by atoms with Crippen LogP contribution in [0.15, 0.2) is 24.3 Å². The van der Waals surface area contributed by atoms with E-state index in [2.05, 4.69) is 5.32 Å². The van der Waals surface area contributed by atoms with Gasteiger partial charge in [0.1, 0.15) is 6.54 Å². The van der Waals surface area contributed by atoms with Gasteiger partial charge < -0.3 is 15.0 Å². The second kappa shape index (κ2) is 5.73. The summed E-state index contributed by atoms with van der Waals surface area (Å²) in [6, 6.07) is 7.37. The topological polar surface area (TPSA) is 58.6 Å². The van der Waals surface area contributed by atoms with Gasteiger partial charge in [-0.25, -0.2) is 4.79 Å². The highest BCUT2D eigenvalue weighted by atomic mass is 16.5. The molecule has 1 aliphatic heterocycles. The van der Waals surface area contributed by atoms with E-state index in [1.807, 2.05) is 26.0 Å². The third-order valence-electron chi connectivity index (χ3n) is 3.10. The van der Waals surface area contributed by atoms with Crippen molar-refractivity contribution in [2.45, 2.75) is 26.3 Å². The normalized spacial score (nSPS) is 15.5. The average Bonchev–Trinajstić information content (AvgIpc) is 2.38. The maximum Gasteiger partial charge on any atom is 0.331 e. The zero-order valence-electron chi connectivity index (χ0n) is 11.2. The molecule has 1 atom stereocenters. The van der Waals surface area contributed by atoms with Crippen LogP contribution in [0, 0.1) is 0 Å². The first-order valence-electron chi connectivity index (χ1n) is 6.44. The molecule has 2 rings (SSSR count). The summed E-state index contributed by atoms with van der Waals surface area (Å²) in [4.78, 5) is 25.1. The van der Waals surface area contributed by atoms with Crippen molar-refractivity contribution in [3.8, 4) is 5.75 Å². The molecule has 1 heterocycles. The first-order chi connectivity index (χ1) is 9.10. The van der Waals surface area contributed by atoms with Crippen LogP contribution in [0.3, 0.4) is 0 Å². The van der Waals surface area contributed by atoms with Gasteiger partial charge in [0.25, 0.3) is 0 Å². The Morgan fingerprint density at radius 3 is 2.95 bits per heavy atom. The average molecular weight is 262 g/mol. The summed E-state index contributed by atoms with van der Waals surface area (Å²) in [5.41, 5.74) is 0.779. The Morgan fingerprint density at radius 2 is 2.21 bits per heavy atom. The summed E-state index contributed by atoms with van der Waals surface area (Å²) < 4.78 is 5.13. The molecular weight excluding hydrogens is 244 g/mol. The van der Waals surface area contributed by atoms with Crippen molar-refractivity contribution >= 4 is 17.6 Å². The highest BCUT2D eigenvalue weighted by molar-refractivity contribution is 5.89. The first kappa shape index (κ1) is 13.4. The van der Waals surface area contributed by atoms with Crippen LogP contribution in [0.5, 0.6) is 5.75 Å². The van der Waals surface area contributed by atoms with Crippen LogP contribution in [0.1, 0.15) is 20.3 Å². The molecule has 1 N–H and O–H groups in total. The van der Waals surface area contributed by atoms with Crippen LogP contribution < -0.4 is 15.0 Å². The van der Waals surface area contributed by atoms with Crippen molar-refractivity contribution in [1.82, 2.24) is 5.32 Å². The molecule has 5 nitrogen and oxygen atoms in total. The number of carbonyl (C=O) groups is 2. The molecule has 5 heteroatoms. The molecule has 0 bridgehead atoms. The summed E-state index contributed by atoms with van der Waals surface area (Å²) in [5.74, 6) is 0.0870. The van der Waals surface area contributed by atoms with Gasteiger partial charge in [0, 0.05) is 6.04 Å². The number of fused-ring (bicyclic) bond motifs is 1. The van der Waals surface area contributed by atoms with Gasteiger partial charge in [-0.15, -0.1) is 0 Å². The summed E-state index contributed by atoms with van der Waals surface area (Å²) in [7, 11) is 0. The number of ether oxygens (including phenoxy) is 1. The van der Waals surface area contributed by atoms with Crippen LogP contribution in [0.25, 0.3) is 0 Å². The third-order valence-corrected chi connectivity index (χ3v) is 3.10. The third kappa shape index (κ3) is 3.24. The van der Waals surface area contributed by atoms with E-state index >= 15 is 0 Å². The number of anilines is 1. The van der Waals surface area contributed by atoms with E-state index in [-0.39, 0.29) is 31.0 Å². The van der Waals surface area contributed by atoms with Crippen molar-refractivity contribution in [3.63, 3.8) is 0 Å². The SMILES string of the molecule is CCC(C)NC(=O)CN1CC(=O)Oc2ccccc21. The molecule has 0 aromatic heterocycles. The van der Waals surface area contributed by atoms with E-state index in [1.54, 1.807) is 17.0 Å². The van der Waals surface area contributed by atoms with Crippen LogP contribution >= 0.6 is 0 Å². The minimum Gasteiger partial charge on any atom is -0.423 e. The number of hydrogen-bond donors (Lipinski definition) is 1. The fourth-order valence-electron chi connectivity index (χ4n) is 1.94. The van der Waals surface area contributed by atoms with E-state index in [1.165, 1.54) is 0 Å². The first-order valence-corrected chi connectivity index (χ1v) is 6.44. The minimum atomic E-state index is -0.338. The summed E-state index contributed by atoms with van der Waals surface area (Å²) in [5, 5.41) is 2.89. The van der Waals surface area contributed by atoms with Crippen molar-refractivity contribution in [1.29, 1.82) is 0 Å². The number of nitrogens with one attached hydrogen (secondary N) is 1. The zero-order valence-corrected chi connectivity index (χ0v) is 11.2. The van der Waals surface area contributed by atoms with Gasteiger partial charge in [0.05, 0.1) is 12.2 Å². The van der Waals surface area contributed by atoms with Gasteiger partial charge in [-0.2, -0.15) is 0 Å². The molecule has 0 radical (unpaired) electrons. The fraction of sp³-hybridized carbons (Fsp3) is 0.429. The smallest absolute Gasteiger partial charge is 0.331 e. The molecule has 1 unspecified atom stereocenters. The largest absolute Gasteiger partial charge is 0.423 e. The Hall–Kier alpha value is -2.04. The molecule has 1 aliphatic rings. The lowest BCUT2D eigenvalue weighted by molar-refractivity contribution is -0.133. The molecule has 0 saturated heterocycles. The number of para-hydroxylation sites is 2. The minimum absolute atomic E-state index is 0.0844. The Balaban J connectivity index is 2.08. The van der Waals surface area contributed by atoms with Gasteiger partial charge >= 0.3 is 5.97 Å². The number of amides is 1. The molecule has 0 aliphatic carbocycles. The van der Waals surface area contributed by atoms with Gasteiger partial charge in [0.15, 0.2) is 5.75 Å². The standard InChI is InChI=1S/C14H18N2O3/c1-3-10(2)15-13(17)8-16-9-14(18)19-12-7-5-4-6-11(12)16/h4-7,10H,3,8-9H2,1-2H3,(H,15,17). The maximum atomic E-state index is 11.9. The van der Waals surface area contributed by atoms with Gasteiger partial charge in [-0.3, -0.25) is 4.79 Å². The van der Waals surface area contributed by atoms with Crippen LogP contribution in [-0.4, -0.2) is 31.0 Å². The molecule has 1 amide bonds. The predicted octanol–water partition coefficient (Wildman–Crippen LogP) is 1.33. The quantitative estimate of drug-likeness (QED) is 0.657. The van der Waals surface area contributed by atoms with E-state index in [9.17, 15) is 9.59 Å². The van der Waals surface area contributed by atoms with Crippen molar-refractivity contribution in [2.24, 2.45) is 0 Å². The number of benzene rings is 1. The van der Waals surface area contributed by atoms with Crippen LogP contribution in [0.4, 0.5) is 5.69 Å². The Labute approximate surface area is 112 Å². The molecule has 0 spiro atoms. The lowest BCUT2D eigenvalue weighted by atomic mass is 10.2. The summed E-state index contributed by atoms with van der Waals surface area (Å²) in [6.45, 7) is 4.23. The van der Waals surface area contributed by atoms with Crippen LogP contribution in [0.2, 0.25) is 0 Å². The van der Waals surface area contributed by atoms with E-state index < -0.39 is 0 Å². The number of hydrogen-bond acceptors (Lipinski definition) is 4. The van der Waals surface area contributed by atoms with E-state index in [0.29, 0.717) is 5.75 Å². The summed E-state index contributed by atoms with van der Waals surface area (Å²) >= 11 is 0. The van der Waals surface area contributed by atoms with Crippen molar-refractivity contribution in [2.75, 3.05) is 18.0 Å². The Morgan fingerprint density at radius 1 is 1.47 bits per heavy atom. The number of nitrogens with zero attached hydrogens (tertiary/aromatic N) is 1. The second-order valence-electron chi connectivity index (χ2n) is 4.67. The Bertz CT molecular complexity index is 487. The molecule has 1 aromatic rings. The van der Waals surface area contributed by atoms with E-state index in [0.717, 1.165) is 12.1 Å². The Kier molecular flexibility index (Phi) is 4.04. The molecule has 102 valence electrons. The molecule has 1 aromatic carbocycles. The molecular formula is C14H18N2O3. The molecule has 0 fully saturated rings. The lowest BCUT2D eigenvalue weighted by Crippen LogP contribution is -2.45. The number of esters is 1. The van der Waals surface area contributed by atoms with Gasteiger partial charge in [-0.1, -0.05) is 19.1 Å². The highest BCUT2D eigenvalue weighted by Gasteiger charge is 2.25. The predicted molar refractivity (Wildman–Crippen MR) is 72.2 cm³/mol. The fourth-order valence-corrected chi connectivity index (χ4v) is 1.94. The number of rotatable bonds is 4. The maximum absolute atomic E-state index is 11.9. The van der Waals surface area contributed by atoms with Crippen molar-refractivity contribution < 1.29 is 14.3 Å². The van der Waals surface area contributed by atoms with Crippen molar-refractivity contribution in [3.05, 3.63) is 24.3 Å². The summed E-state index contributed by atoms with van der Waals surface area (Å²) in [6.07, 6.45) is 0.879. The van der Waals surface area contributed by atoms with Gasteiger partial charge in [0.2, 0.25) is 5.91 Å². The second-order valence-corrected chi connectivity index (χ2v) is 4.67. The van der Waals surface area contributed by atoms with E-state index in [4.69, 9.17) is 4.74 Å². The monoisotopic (exact) mass is 262 g/mol. The molecule has 19 heavy (non-hydrogen) atoms. The lowest BCUT2D eigenvalue weighted by Gasteiger charge is -2.29. The highest BCUT2D eigenvalue weighted by Crippen LogP contribution is 2.30. The van der Waals surface area contributed by atoms with Crippen LogP contribution in [-0.2, 0) is 9.59 Å². The zero-order chi connectivity index (χ0) is 13.8.